The molecule has 23 heavy (non-hydrogen) atoms. The summed E-state index contributed by atoms with van der Waals surface area (Å²) in [6.07, 6.45) is 5.27. The minimum atomic E-state index is -0.347. The first-order valence-electron chi connectivity index (χ1n) is 7.84. The molecule has 122 valence electrons. The van der Waals surface area contributed by atoms with E-state index in [9.17, 15) is 4.39 Å². The van der Waals surface area contributed by atoms with Gasteiger partial charge in [0, 0.05) is 37.5 Å². The van der Waals surface area contributed by atoms with Gasteiger partial charge in [-0.15, -0.1) is 0 Å². The molecule has 0 aliphatic carbocycles. The molecule has 2 heterocycles. The Balaban J connectivity index is 1.80. The SMILES string of the molecule is OCCN1CCC[C@@H](c2nccnc2Oc2cccc(F)c2)C1. The molecule has 6 heteroatoms. The number of nitrogens with zero attached hydrogens (tertiary/aromatic N) is 3. The van der Waals surface area contributed by atoms with Crippen LogP contribution in [0, 0.1) is 5.82 Å². The first-order valence-corrected chi connectivity index (χ1v) is 7.84. The molecule has 2 aromatic rings. The molecule has 1 atom stereocenters. The van der Waals surface area contributed by atoms with Crippen molar-refractivity contribution < 1.29 is 14.2 Å². The molecule has 1 N–H and O–H groups in total. The van der Waals surface area contributed by atoms with Gasteiger partial charge in [0.2, 0.25) is 5.88 Å². The number of likely N-dealkylation sites (tertiary alicyclic amines) is 1. The van der Waals surface area contributed by atoms with Crippen LogP contribution in [0.4, 0.5) is 4.39 Å². The van der Waals surface area contributed by atoms with Crippen molar-refractivity contribution in [2.24, 2.45) is 0 Å². The molecule has 1 aromatic carbocycles. The smallest absolute Gasteiger partial charge is 0.241 e. The maximum Gasteiger partial charge on any atom is 0.241 e. The summed E-state index contributed by atoms with van der Waals surface area (Å²) < 4.78 is 19.1. The van der Waals surface area contributed by atoms with Crippen molar-refractivity contribution in [1.29, 1.82) is 0 Å². The molecule has 0 radical (unpaired) electrons. The number of halogens is 1. The third-order valence-corrected chi connectivity index (χ3v) is 4.01. The standard InChI is InChI=1S/C17H20FN3O2/c18-14-4-1-5-15(11-14)23-17-16(19-6-7-20-17)13-3-2-8-21(12-13)9-10-22/h1,4-7,11,13,22H,2-3,8-10,12H2/t13-/m1/s1. The molecule has 1 saturated heterocycles. The minimum absolute atomic E-state index is 0.153. The highest BCUT2D eigenvalue weighted by Crippen LogP contribution is 2.32. The summed E-state index contributed by atoms with van der Waals surface area (Å²) in [7, 11) is 0. The molecule has 0 bridgehead atoms. The fraction of sp³-hybridized carbons (Fsp3) is 0.412. The highest BCUT2D eigenvalue weighted by molar-refractivity contribution is 5.31. The van der Waals surface area contributed by atoms with Gasteiger partial charge in [-0.25, -0.2) is 9.37 Å². The van der Waals surface area contributed by atoms with Gasteiger partial charge in [-0.05, 0) is 31.5 Å². The van der Waals surface area contributed by atoms with Gasteiger partial charge in [0.1, 0.15) is 17.3 Å². The van der Waals surface area contributed by atoms with E-state index in [0.29, 0.717) is 18.2 Å². The highest BCUT2D eigenvalue weighted by Gasteiger charge is 2.25. The molecular formula is C17H20FN3O2. The van der Waals surface area contributed by atoms with E-state index < -0.39 is 0 Å². The lowest BCUT2D eigenvalue weighted by Crippen LogP contribution is -2.36. The zero-order chi connectivity index (χ0) is 16.1. The summed E-state index contributed by atoms with van der Waals surface area (Å²) in [4.78, 5) is 10.9. The van der Waals surface area contributed by atoms with E-state index in [0.717, 1.165) is 31.6 Å². The van der Waals surface area contributed by atoms with Gasteiger partial charge in [0.05, 0.1) is 6.61 Å². The van der Waals surface area contributed by atoms with E-state index >= 15 is 0 Å². The molecule has 1 aliphatic heterocycles. The van der Waals surface area contributed by atoms with Crippen LogP contribution in [0.3, 0.4) is 0 Å². The second-order valence-corrected chi connectivity index (χ2v) is 5.67. The molecule has 3 rings (SSSR count). The molecule has 0 spiro atoms. The van der Waals surface area contributed by atoms with Crippen LogP contribution >= 0.6 is 0 Å². The third kappa shape index (κ3) is 4.03. The van der Waals surface area contributed by atoms with Crippen LogP contribution in [0.1, 0.15) is 24.5 Å². The van der Waals surface area contributed by atoms with Crippen LogP contribution in [0.2, 0.25) is 0 Å². The van der Waals surface area contributed by atoms with E-state index in [1.807, 2.05) is 0 Å². The van der Waals surface area contributed by atoms with Crippen molar-refractivity contribution in [1.82, 2.24) is 14.9 Å². The van der Waals surface area contributed by atoms with Gasteiger partial charge >= 0.3 is 0 Å². The monoisotopic (exact) mass is 317 g/mol. The van der Waals surface area contributed by atoms with Gasteiger partial charge in [-0.2, -0.15) is 0 Å². The number of aliphatic hydroxyl groups excluding tert-OH is 1. The van der Waals surface area contributed by atoms with Crippen molar-refractivity contribution in [2.45, 2.75) is 18.8 Å². The Hall–Kier alpha value is -2.05. The normalized spacial score (nSPS) is 18.8. The summed E-state index contributed by atoms with van der Waals surface area (Å²) in [5.41, 5.74) is 0.791. The number of aliphatic hydroxyl groups is 1. The average molecular weight is 317 g/mol. The van der Waals surface area contributed by atoms with Gasteiger partial charge in [0.25, 0.3) is 0 Å². The molecule has 0 saturated carbocycles. The van der Waals surface area contributed by atoms with E-state index in [4.69, 9.17) is 9.84 Å². The van der Waals surface area contributed by atoms with Crippen molar-refractivity contribution in [3.63, 3.8) is 0 Å². The Morgan fingerprint density at radius 1 is 1.30 bits per heavy atom. The first kappa shape index (κ1) is 15.8. The van der Waals surface area contributed by atoms with Gasteiger partial charge in [-0.3, -0.25) is 4.98 Å². The number of benzene rings is 1. The van der Waals surface area contributed by atoms with Crippen LogP contribution in [0.25, 0.3) is 0 Å². The fourth-order valence-corrected chi connectivity index (χ4v) is 2.96. The molecule has 5 nitrogen and oxygen atoms in total. The number of piperidine rings is 1. The zero-order valence-corrected chi connectivity index (χ0v) is 12.9. The van der Waals surface area contributed by atoms with Gasteiger partial charge < -0.3 is 14.7 Å². The summed E-state index contributed by atoms with van der Waals surface area (Å²) >= 11 is 0. The summed E-state index contributed by atoms with van der Waals surface area (Å²) in [6.45, 7) is 2.62. The van der Waals surface area contributed by atoms with Gasteiger partial charge in [0.15, 0.2) is 0 Å². The largest absolute Gasteiger partial charge is 0.437 e. The number of rotatable bonds is 5. The number of ether oxygens (including phenoxy) is 1. The summed E-state index contributed by atoms with van der Waals surface area (Å²) in [5.74, 6) is 0.691. The molecule has 1 fully saturated rings. The number of hydrogen-bond acceptors (Lipinski definition) is 5. The minimum Gasteiger partial charge on any atom is -0.437 e. The van der Waals surface area contributed by atoms with Crippen molar-refractivity contribution in [3.8, 4) is 11.6 Å². The van der Waals surface area contributed by atoms with Crippen LogP contribution in [0.5, 0.6) is 11.6 Å². The first-order chi connectivity index (χ1) is 11.3. The van der Waals surface area contributed by atoms with Crippen LogP contribution in [0.15, 0.2) is 36.7 Å². The second-order valence-electron chi connectivity index (χ2n) is 5.67. The maximum absolute atomic E-state index is 13.3. The number of β-amino-alcohol motifs (C(OH)–C–C–N with tert-alkyl or cyclic N) is 1. The predicted octanol–water partition coefficient (Wildman–Crippen LogP) is 2.58. The Kier molecular flexibility index (Phi) is 5.15. The lowest BCUT2D eigenvalue weighted by atomic mass is 9.94. The molecule has 1 aliphatic rings. The Morgan fingerprint density at radius 2 is 2.17 bits per heavy atom. The number of hydrogen-bond donors (Lipinski definition) is 1. The lowest BCUT2D eigenvalue weighted by molar-refractivity contribution is 0.159. The van der Waals surface area contributed by atoms with E-state index in [1.165, 1.54) is 12.1 Å². The molecule has 1 aromatic heterocycles. The van der Waals surface area contributed by atoms with Crippen molar-refractivity contribution >= 4 is 0 Å². The second kappa shape index (κ2) is 7.48. The fourth-order valence-electron chi connectivity index (χ4n) is 2.96. The predicted molar refractivity (Wildman–Crippen MR) is 84.0 cm³/mol. The van der Waals surface area contributed by atoms with Gasteiger partial charge in [-0.1, -0.05) is 6.07 Å². The highest BCUT2D eigenvalue weighted by atomic mass is 19.1. The van der Waals surface area contributed by atoms with Crippen LogP contribution < -0.4 is 4.74 Å². The zero-order valence-electron chi connectivity index (χ0n) is 12.9. The van der Waals surface area contributed by atoms with E-state index in [-0.39, 0.29) is 18.3 Å². The molecular weight excluding hydrogens is 297 g/mol. The van der Waals surface area contributed by atoms with Crippen LogP contribution in [-0.4, -0.2) is 46.2 Å². The third-order valence-electron chi connectivity index (χ3n) is 4.01. The maximum atomic E-state index is 13.3. The molecule has 0 unspecified atom stereocenters. The molecule has 0 amide bonds. The van der Waals surface area contributed by atoms with Crippen molar-refractivity contribution in [2.75, 3.05) is 26.2 Å². The Bertz CT molecular complexity index is 651. The lowest BCUT2D eigenvalue weighted by Gasteiger charge is -2.32. The quantitative estimate of drug-likeness (QED) is 0.918. The van der Waals surface area contributed by atoms with Crippen molar-refractivity contribution in [3.05, 3.63) is 48.2 Å². The van der Waals surface area contributed by atoms with E-state index in [2.05, 4.69) is 14.9 Å². The Morgan fingerprint density at radius 3 is 3.00 bits per heavy atom. The average Bonchev–Trinajstić information content (AvgIpc) is 2.56. The summed E-state index contributed by atoms with van der Waals surface area (Å²) in [5, 5.41) is 9.12. The number of aromatic nitrogens is 2. The van der Waals surface area contributed by atoms with E-state index in [1.54, 1.807) is 24.5 Å². The summed E-state index contributed by atoms with van der Waals surface area (Å²) in [6, 6.07) is 6.00. The topological polar surface area (TPSA) is 58.5 Å². The van der Waals surface area contributed by atoms with Crippen LogP contribution in [-0.2, 0) is 0 Å². The Labute approximate surface area is 134 Å².